The van der Waals surface area contributed by atoms with Gasteiger partial charge in [-0.05, 0) is 47.5 Å². The van der Waals surface area contributed by atoms with Gasteiger partial charge in [0.05, 0.1) is 34.1 Å². The summed E-state index contributed by atoms with van der Waals surface area (Å²) in [5, 5.41) is 88.0. The van der Waals surface area contributed by atoms with Crippen LogP contribution < -0.4 is 111 Å². The Hall–Kier alpha value is -10.2. The largest absolute Gasteiger partial charge is 1.00 e. The third kappa shape index (κ3) is 16.1. The molecule has 40 heteroatoms. The number of benzene rings is 4. The number of esters is 2. The van der Waals surface area contributed by atoms with Crippen LogP contribution in [0.4, 0.5) is 0 Å². The van der Waals surface area contributed by atoms with Crippen molar-refractivity contribution < 1.29 is 195 Å². The average Bonchev–Trinajstić information content (AvgIpc) is 0.707. The van der Waals surface area contributed by atoms with Crippen molar-refractivity contribution >= 4 is 117 Å². The van der Waals surface area contributed by atoms with Crippen molar-refractivity contribution in [3.05, 3.63) is 151 Å². The zero-order valence-electron chi connectivity index (χ0n) is 53.8. The number of carboxylic acid groups (broad SMARTS) is 4. The van der Waals surface area contributed by atoms with Gasteiger partial charge in [-0.1, -0.05) is 24.3 Å². The molecule has 4 aliphatic rings. The van der Waals surface area contributed by atoms with E-state index in [-0.39, 0.29) is 126 Å². The molecule has 2 unspecified atom stereocenters. The molecule has 6 atom stereocenters. The van der Waals surface area contributed by atoms with E-state index in [0.29, 0.717) is 0 Å². The molecular formula is C62H52N6Na2O30S2. The van der Waals surface area contributed by atoms with Crippen LogP contribution in [0.25, 0.3) is 21.9 Å². The maximum atomic E-state index is 14.0. The number of β-lactam (4-membered cyclic amide) rings is 2. The van der Waals surface area contributed by atoms with Crippen LogP contribution in [0.3, 0.4) is 0 Å². The number of aromatic hydroxyl groups is 4. The maximum Gasteiger partial charge on any atom is 1.00 e. The fraction of sp³-hybridized carbons (Fsp3) is 0.258. The van der Waals surface area contributed by atoms with Crippen molar-refractivity contribution in [1.29, 1.82) is 0 Å². The second kappa shape index (κ2) is 32.7. The van der Waals surface area contributed by atoms with Gasteiger partial charge in [0.15, 0.2) is 36.2 Å². The molecule has 6 amide bonds. The van der Waals surface area contributed by atoms with Gasteiger partial charge >= 0.3 is 83.0 Å². The van der Waals surface area contributed by atoms with Crippen LogP contribution in [0.15, 0.2) is 126 Å². The van der Waals surface area contributed by atoms with Gasteiger partial charge in [-0.2, -0.15) is 0 Å². The van der Waals surface area contributed by atoms with Gasteiger partial charge in [0.2, 0.25) is 22.7 Å². The number of rotatable bonds is 24. The summed E-state index contributed by atoms with van der Waals surface area (Å²) in [4.78, 5) is 179. The van der Waals surface area contributed by atoms with Gasteiger partial charge in [0.25, 0.3) is 35.1 Å². The average molecular weight is 1470 g/mol. The SMILES string of the molecule is CO[C@@]1(NC(=O)C(NC(=O)c2coc3cc(O)c(O)cc3c2=O)c2ccc(OCC(=O)O)cc2)C(=O)N2C(C(=O)[O-])=C(COC(C)=O)CS[C@@H]21.CO[C@@]1(NC(=O)C(NC(=O)c2coc3cc(O)c(O)cc3c2=O)c2ccc(OCC(=O)O)cc2)C(=O)N2C(C(=O)[O-])=C(COC(C)=O)CS[C@@H]21.[Na+].[Na+]. The first kappa shape index (κ1) is 79.2. The number of phenolic OH excluding ortho intramolecular Hbond substituents is 4. The smallest absolute Gasteiger partial charge is 0.543 e. The van der Waals surface area contributed by atoms with Gasteiger partial charge in [0.1, 0.15) is 82.4 Å². The zero-order chi connectivity index (χ0) is 73.0. The molecular weight excluding hydrogens is 1420 g/mol. The molecule has 10 rings (SSSR count). The molecule has 6 heterocycles. The van der Waals surface area contributed by atoms with Crippen LogP contribution in [-0.4, -0.2) is 186 Å². The van der Waals surface area contributed by atoms with E-state index in [2.05, 4.69) is 21.3 Å². The molecule has 102 heavy (non-hydrogen) atoms. The predicted octanol–water partition coefficient (Wildman–Crippen LogP) is -7.83. The molecule has 0 aliphatic carbocycles. The van der Waals surface area contributed by atoms with E-state index in [1.165, 1.54) is 48.5 Å². The summed E-state index contributed by atoms with van der Waals surface area (Å²) in [7, 11) is 2.17. The quantitative estimate of drug-likeness (QED) is 0.00884. The van der Waals surface area contributed by atoms with Crippen LogP contribution in [0.5, 0.6) is 34.5 Å². The first-order valence-electron chi connectivity index (χ1n) is 28.6. The number of hydrogen-bond acceptors (Lipinski definition) is 30. The first-order valence-corrected chi connectivity index (χ1v) is 30.7. The Morgan fingerprint density at radius 1 is 0.559 bits per heavy atom. The molecule has 4 aromatic carbocycles. The molecule has 0 bridgehead atoms. The molecule has 10 N–H and O–H groups in total. The van der Waals surface area contributed by atoms with Crippen molar-refractivity contribution in [3.63, 3.8) is 0 Å². The van der Waals surface area contributed by atoms with E-state index < -0.39 is 188 Å². The minimum Gasteiger partial charge on any atom is -0.543 e. The third-order valence-corrected chi connectivity index (χ3v) is 18.0. The number of nitrogens with zero attached hydrogens (tertiary/aromatic N) is 2. The number of methoxy groups -OCH3 is 2. The normalized spacial score (nSPS) is 18.4. The molecule has 2 fully saturated rings. The van der Waals surface area contributed by atoms with E-state index in [1.54, 1.807) is 0 Å². The standard InChI is InChI=1S/2C31H27N3O15S.2Na/c2*1-13(35)47-9-15-12-50-30-31(46-2,29(45)34(30)24(15)28(43)44)33-27(42)23(14-3-5-16(6-4-14)48-11-22(38)39)32-26(41)18-10-49-21-8-20(37)19(36)7-17(21)25(18)40;;/h2*3-8,10,23,30,36-37H,9,11-12H2,1-2H3,(H,32,41)(H,33,42)(H,38,39)(H,43,44);;/q;;2*+1/p-2/t2*23?,30-,31+;;/m11../s1. The van der Waals surface area contributed by atoms with Gasteiger partial charge in [-0.15, -0.1) is 23.5 Å². The molecule has 0 saturated carbocycles. The van der Waals surface area contributed by atoms with Crippen LogP contribution in [0.1, 0.15) is 57.8 Å². The number of aliphatic carboxylic acids is 4. The van der Waals surface area contributed by atoms with Crippen molar-refractivity contribution in [2.75, 3.05) is 52.2 Å². The Kier molecular flexibility index (Phi) is 25.3. The van der Waals surface area contributed by atoms with Gasteiger partial charge in [-0.25, -0.2) is 9.59 Å². The van der Waals surface area contributed by atoms with Crippen LogP contribution in [0, 0.1) is 0 Å². The molecule has 2 aromatic heterocycles. The molecule has 524 valence electrons. The van der Waals surface area contributed by atoms with Gasteiger partial charge in [-0.3, -0.25) is 57.7 Å². The molecule has 0 spiro atoms. The maximum absolute atomic E-state index is 14.0. The van der Waals surface area contributed by atoms with Gasteiger partial charge in [0, 0.05) is 62.9 Å². The number of amides is 6. The molecule has 36 nitrogen and oxygen atoms in total. The van der Waals surface area contributed by atoms with Crippen LogP contribution in [-0.2, 0) is 66.9 Å². The number of hydrogen-bond donors (Lipinski definition) is 10. The van der Waals surface area contributed by atoms with Crippen molar-refractivity contribution in [3.8, 4) is 34.5 Å². The minimum atomic E-state index is -2.16. The Balaban J connectivity index is 0.000000280. The zero-order valence-corrected chi connectivity index (χ0v) is 59.5. The summed E-state index contributed by atoms with van der Waals surface area (Å²) in [5.74, 6) is -16.3. The van der Waals surface area contributed by atoms with Crippen molar-refractivity contribution in [2.24, 2.45) is 0 Å². The second-order valence-corrected chi connectivity index (χ2v) is 23.7. The summed E-state index contributed by atoms with van der Waals surface area (Å²) >= 11 is 1.97. The summed E-state index contributed by atoms with van der Waals surface area (Å²) < 4.78 is 41.6. The summed E-state index contributed by atoms with van der Waals surface area (Å²) in [6.07, 6.45) is 1.55. The van der Waals surface area contributed by atoms with Crippen molar-refractivity contribution in [2.45, 2.75) is 48.1 Å². The molecule has 0 radical (unpaired) electrons. The number of carboxylic acids is 4. The monoisotopic (exact) mass is 1470 g/mol. The number of phenols is 4. The fourth-order valence-corrected chi connectivity index (χ4v) is 13.3. The number of thioether (sulfide) groups is 2. The Bertz CT molecular complexity index is 4350. The van der Waals surface area contributed by atoms with E-state index >= 15 is 0 Å². The summed E-state index contributed by atoms with van der Waals surface area (Å²) in [5.41, 5.74) is -8.61. The Morgan fingerprint density at radius 2 is 0.892 bits per heavy atom. The topological polar surface area (TPSA) is 543 Å². The number of ether oxygens (including phenoxy) is 6. The first-order chi connectivity index (χ1) is 47.4. The van der Waals surface area contributed by atoms with Crippen molar-refractivity contribution in [1.82, 2.24) is 31.1 Å². The fourth-order valence-electron chi connectivity index (χ4n) is 10.4. The number of nitrogens with one attached hydrogen (secondary N) is 4. The van der Waals surface area contributed by atoms with Crippen LogP contribution in [0.2, 0.25) is 0 Å². The van der Waals surface area contributed by atoms with E-state index in [9.17, 15) is 97.8 Å². The van der Waals surface area contributed by atoms with E-state index in [4.69, 9.17) is 47.5 Å². The number of fused-ring (bicyclic) bond motifs is 4. The van der Waals surface area contributed by atoms with E-state index in [1.807, 2.05) is 0 Å². The third-order valence-electron chi connectivity index (χ3n) is 15.2. The summed E-state index contributed by atoms with van der Waals surface area (Å²) in [6.45, 7) is 0.0190. The molecule has 6 aromatic rings. The predicted molar refractivity (Wildman–Crippen MR) is 330 cm³/mol. The molecule has 2 saturated heterocycles. The van der Waals surface area contributed by atoms with Gasteiger partial charge < -0.3 is 109 Å². The number of carbonyl (C=O) groups is 12. The second-order valence-electron chi connectivity index (χ2n) is 21.5. The Labute approximate surface area is 623 Å². The molecule has 4 aliphatic heterocycles. The van der Waals surface area contributed by atoms with Crippen LogP contribution >= 0.6 is 23.5 Å². The number of carbonyl (C=O) groups excluding carboxylic acids is 10. The Morgan fingerprint density at radius 3 is 1.20 bits per heavy atom. The van der Waals surface area contributed by atoms with E-state index in [0.717, 1.165) is 98.2 Å². The summed E-state index contributed by atoms with van der Waals surface area (Å²) in [6, 6.07) is 10.7. The minimum absolute atomic E-state index is 0.